The van der Waals surface area contributed by atoms with Crippen LogP contribution in [0.15, 0.2) is 22.5 Å². The lowest BCUT2D eigenvalue weighted by Crippen LogP contribution is -2.46. The molecule has 0 saturated carbocycles. The summed E-state index contributed by atoms with van der Waals surface area (Å²) in [5, 5.41) is 5.86. The molecule has 2 atom stereocenters. The van der Waals surface area contributed by atoms with Crippen LogP contribution in [0.1, 0.15) is 30.6 Å². The zero-order valence-electron chi connectivity index (χ0n) is 16.0. The fraction of sp³-hybridized carbons (Fsp3) is 0.750. The van der Waals surface area contributed by atoms with Crippen LogP contribution in [-0.4, -0.2) is 68.7 Å². The predicted molar refractivity (Wildman–Crippen MR) is 108 cm³/mol. The van der Waals surface area contributed by atoms with Gasteiger partial charge in [-0.15, -0.1) is 11.3 Å². The fourth-order valence-corrected chi connectivity index (χ4v) is 5.49. The Bertz CT molecular complexity index is 597. The number of aliphatic imine (C=N–C) groups is 1. The van der Waals surface area contributed by atoms with E-state index in [0.717, 1.165) is 45.4 Å². The van der Waals surface area contributed by atoms with Gasteiger partial charge in [0.05, 0.1) is 6.61 Å². The molecule has 144 valence electrons. The van der Waals surface area contributed by atoms with Crippen LogP contribution in [-0.2, 0) is 11.3 Å². The van der Waals surface area contributed by atoms with Crippen LogP contribution in [0.4, 0.5) is 0 Å². The summed E-state index contributed by atoms with van der Waals surface area (Å²) >= 11 is 1.87. The summed E-state index contributed by atoms with van der Waals surface area (Å²) in [5.74, 6) is 1.80. The van der Waals surface area contributed by atoms with Crippen LogP contribution in [0.5, 0.6) is 0 Å². The van der Waals surface area contributed by atoms with Crippen molar-refractivity contribution in [3.05, 3.63) is 22.4 Å². The topological polar surface area (TPSA) is 40.1 Å². The molecule has 3 fully saturated rings. The SMILES string of the molecule is CN=C(NCC1CCCN(Cc2cccs2)C1)N1CCC2(CCOC2)C1. The van der Waals surface area contributed by atoms with Crippen LogP contribution >= 0.6 is 11.3 Å². The normalized spacial score (nSPS) is 30.4. The number of rotatable bonds is 4. The van der Waals surface area contributed by atoms with Gasteiger partial charge in [-0.05, 0) is 49.6 Å². The second-order valence-electron chi connectivity index (χ2n) is 8.22. The molecule has 5 nitrogen and oxygen atoms in total. The van der Waals surface area contributed by atoms with Gasteiger partial charge in [0, 0.05) is 56.7 Å². The predicted octanol–water partition coefficient (Wildman–Crippen LogP) is 2.65. The Hall–Kier alpha value is -1.11. The first-order valence-corrected chi connectivity index (χ1v) is 10.9. The van der Waals surface area contributed by atoms with E-state index >= 15 is 0 Å². The molecule has 0 radical (unpaired) electrons. The Morgan fingerprint density at radius 2 is 2.38 bits per heavy atom. The van der Waals surface area contributed by atoms with Gasteiger partial charge in [-0.2, -0.15) is 0 Å². The third kappa shape index (κ3) is 4.24. The summed E-state index contributed by atoms with van der Waals surface area (Å²) in [4.78, 5) is 11.1. The Kier molecular flexibility index (Phi) is 5.81. The van der Waals surface area contributed by atoms with Crippen molar-refractivity contribution >= 4 is 17.3 Å². The zero-order valence-corrected chi connectivity index (χ0v) is 16.8. The number of nitrogens with one attached hydrogen (secondary N) is 1. The van der Waals surface area contributed by atoms with Crippen molar-refractivity contribution in [2.45, 2.75) is 32.2 Å². The number of nitrogens with zero attached hydrogens (tertiary/aromatic N) is 3. The first-order chi connectivity index (χ1) is 12.8. The smallest absolute Gasteiger partial charge is 0.193 e. The lowest BCUT2D eigenvalue weighted by atomic mass is 9.87. The molecule has 2 unspecified atom stereocenters. The van der Waals surface area contributed by atoms with Gasteiger partial charge < -0.3 is 15.0 Å². The minimum atomic E-state index is 0.389. The van der Waals surface area contributed by atoms with Gasteiger partial charge in [0.2, 0.25) is 0 Å². The van der Waals surface area contributed by atoms with Crippen LogP contribution in [0.2, 0.25) is 0 Å². The highest BCUT2D eigenvalue weighted by atomic mass is 32.1. The van der Waals surface area contributed by atoms with Gasteiger partial charge in [0.1, 0.15) is 0 Å². The average Bonchev–Trinajstić information content (AvgIpc) is 3.40. The van der Waals surface area contributed by atoms with Gasteiger partial charge in [-0.3, -0.25) is 9.89 Å². The molecule has 26 heavy (non-hydrogen) atoms. The maximum absolute atomic E-state index is 5.66. The number of thiophene rings is 1. The minimum Gasteiger partial charge on any atom is -0.381 e. The number of guanidine groups is 1. The summed E-state index contributed by atoms with van der Waals surface area (Å²) in [6.07, 6.45) is 5.08. The van der Waals surface area contributed by atoms with Crippen LogP contribution < -0.4 is 5.32 Å². The third-order valence-electron chi connectivity index (χ3n) is 6.25. The number of hydrogen-bond donors (Lipinski definition) is 1. The molecule has 0 amide bonds. The molecule has 3 aliphatic heterocycles. The Morgan fingerprint density at radius 3 is 3.15 bits per heavy atom. The van der Waals surface area contributed by atoms with Crippen molar-refractivity contribution in [2.75, 3.05) is 53.0 Å². The largest absolute Gasteiger partial charge is 0.381 e. The number of piperidine rings is 1. The molecule has 3 saturated heterocycles. The van der Waals surface area contributed by atoms with Crippen molar-refractivity contribution in [2.24, 2.45) is 16.3 Å². The van der Waals surface area contributed by atoms with E-state index in [1.807, 2.05) is 18.4 Å². The van der Waals surface area contributed by atoms with E-state index in [-0.39, 0.29) is 0 Å². The molecule has 1 aromatic rings. The Labute approximate surface area is 161 Å². The lowest BCUT2D eigenvalue weighted by molar-refractivity contribution is 0.156. The molecular formula is C20H32N4OS. The van der Waals surface area contributed by atoms with Gasteiger partial charge in [0.25, 0.3) is 0 Å². The third-order valence-corrected chi connectivity index (χ3v) is 7.11. The standard InChI is InChI=1S/C20H32N4OS/c1-21-19(24-9-6-20(15-24)7-10-25-16-20)22-12-17-4-2-8-23(13-17)14-18-5-3-11-26-18/h3,5,11,17H,2,4,6-10,12-16H2,1H3,(H,21,22). The summed E-state index contributed by atoms with van der Waals surface area (Å²) in [7, 11) is 1.92. The van der Waals surface area contributed by atoms with Crippen LogP contribution in [0, 0.1) is 11.3 Å². The van der Waals surface area contributed by atoms with E-state index in [9.17, 15) is 0 Å². The summed E-state index contributed by atoms with van der Waals surface area (Å²) in [6, 6.07) is 4.41. The maximum Gasteiger partial charge on any atom is 0.193 e. The van der Waals surface area contributed by atoms with Crippen molar-refractivity contribution in [1.82, 2.24) is 15.1 Å². The van der Waals surface area contributed by atoms with Crippen molar-refractivity contribution in [3.8, 4) is 0 Å². The summed E-state index contributed by atoms with van der Waals surface area (Å²) in [6.45, 7) is 8.64. The maximum atomic E-state index is 5.66. The molecule has 1 N–H and O–H groups in total. The van der Waals surface area contributed by atoms with E-state index in [0.29, 0.717) is 11.3 Å². The monoisotopic (exact) mass is 376 g/mol. The van der Waals surface area contributed by atoms with Gasteiger partial charge in [-0.25, -0.2) is 0 Å². The summed E-state index contributed by atoms with van der Waals surface area (Å²) in [5.41, 5.74) is 0.389. The second kappa shape index (κ2) is 8.28. The quantitative estimate of drug-likeness (QED) is 0.648. The first-order valence-electron chi connectivity index (χ1n) is 10.0. The molecule has 3 aliphatic rings. The zero-order chi connectivity index (χ0) is 17.8. The highest BCUT2D eigenvalue weighted by Gasteiger charge is 2.42. The molecule has 4 rings (SSSR count). The van der Waals surface area contributed by atoms with Gasteiger partial charge >= 0.3 is 0 Å². The fourth-order valence-electron chi connectivity index (χ4n) is 4.74. The molecule has 0 aromatic carbocycles. The van der Waals surface area contributed by atoms with E-state index in [1.165, 1.54) is 43.6 Å². The van der Waals surface area contributed by atoms with E-state index in [1.54, 1.807) is 0 Å². The second-order valence-corrected chi connectivity index (χ2v) is 9.26. The van der Waals surface area contributed by atoms with Crippen molar-refractivity contribution < 1.29 is 4.74 Å². The highest BCUT2D eigenvalue weighted by molar-refractivity contribution is 7.09. The number of ether oxygens (including phenoxy) is 1. The average molecular weight is 377 g/mol. The van der Waals surface area contributed by atoms with E-state index in [2.05, 4.69) is 37.6 Å². The molecular weight excluding hydrogens is 344 g/mol. The molecule has 0 bridgehead atoms. The number of hydrogen-bond acceptors (Lipinski definition) is 4. The van der Waals surface area contributed by atoms with Crippen molar-refractivity contribution in [1.29, 1.82) is 0 Å². The highest BCUT2D eigenvalue weighted by Crippen LogP contribution is 2.38. The van der Waals surface area contributed by atoms with E-state index in [4.69, 9.17) is 4.74 Å². The molecule has 6 heteroatoms. The molecule has 1 spiro atoms. The first kappa shape index (κ1) is 18.3. The lowest BCUT2D eigenvalue weighted by Gasteiger charge is -2.33. The Morgan fingerprint density at radius 1 is 1.42 bits per heavy atom. The number of likely N-dealkylation sites (tertiary alicyclic amines) is 2. The van der Waals surface area contributed by atoms with E-state index < -0.39 is 0 Å². The van der Waals surface area contributed by atoms with Crippen LogP contribution in [0.25, 0.3) is 0 Å². The van der Waals surface area contributed by atoms with Gasteiger partial charge in [-0.1, -0.05) is 6.07 Å². The van der Waals surface area contributed by atoms with Crippen LogP contribution in [0.3, 0.4) is 0 Å². The molecule has 1 aromatic heterocycles. The molecule has 4 heterocycles. The minimum absolute atomic E-state index is 0.389. The Balaban J connectivity index is 1.26. The van der Waals surface area contributed by atoms with Gasteiger partial charge in [0.15, 0.2) is 5.96 Å². The molecule has 0 aliphatic carbocycles. The van der Waals surface area contributed by atoms with Crippen molar-refractivity contribution in [3.63, 3.8) is 0 Å². The summed E-state index contributed by atoms with van der Waals surface area (Å²) < 4.78 is 5.66.